The highest BCUT2D eigenvalue weighted by Crippen LogP contribution is 2.28. The number of hydrogen-bond acceptors (Lipinski definition) is 3. The maximum atomic E-state index is 11.1. The van der Waals surface area contributed by atoms with Gasteiger partial charge in [0.2, 0.25) is 0 Å². The van der Waals surface area contributed by atoms with Crippen molar-refractivity contribution in [3.05, 3.63) is 71.7 Å². The molecule has 1 atom stereocenters. The number of carboxylic acids is 1. The lowest BCUT2D eigenvalue weighted by molar-refractivity contribution is 0.0687. The van der Waals surface area contributed by atoms with Gasteiger partial charge in [-0.25, -0.2) is 4.79 Å². The van der Waals surface area contributed by atoms with Crippen LogP contribution in [0.1, 0.15) is 27.8 Å². The lowest BCUT2D eigenvalue weighted by Gasteiger charge is -2.10. The first-order valence-corrected chi connectivity index (χ1v) is 6.14. The van der Waals surface area contributed by atoms with E-state index in [1.807, 2.05) is 36.4 Å². The SMILES string of the molecule is O=C(O)c1ccoc1C(O)c1ccc2ccccc2c1. The van der Waals surface area contributed by atoms with Crippen LogP contribution in [0.4, 0.5) is 0 Å². The molecular formula is C16H12O4. The Bertz CT molecular complexity index is 773. The second kappa shape index (κ2) is 4.83. The molecule has 0 saturated carbocycles. The Morgan fingerprint density at radius 3 is 2.55 bits per heavy atom. The molecule has 0 amide bonds. The summed E-state index contributed by atoms with van der Waals surface area (Å²) in [7, 11) is 0. The molecule has 2 N–H and O–H groups in total. The molecule has 20 heavy (non-hydrogen) atoms. The zero-order valence-electron chi connectivity index (χ0n) is 10.5. The first-order chi connectivity index (χ1) is 9.66. The first kappa shape index (κ1) is 12.4. The summed E-state index contributed by atoms with van der Waals surface area (Å²) < 4.78 is 5.12. The molecule has 100 valence electrons. The molecule has 0 bridgehead atoms. The van der Waals surface area contributed by atoms with Crippen molar-refractivity contribution in [2.45, 2.75) is 6.10 Å². The van der Waals surface area contributed by atoms with E-state index in [2.05, 4.69) is 0 Å². The summed E-state index contributed by atoms with van der Waals surface area (Å²) in [5.41, 5.74) is 0.576. The van der Waals surface area contributed by atoms with Crippen molar-refractivity contribution >= 4 is 16.7 Å². The fourth-order valence-corrected chi connectivity index (χ4v) is 2.24. The molecule has 1 aromatic heterocycles. The highest BCUT2D eigenvalue weighted by Gasteiger charge is 2.22. The molecule has 3 rings (SSSR count). The van der Waals surface area contributed by atoms with Gasteiger partial charge in [-0.1, -0.05) is 36.4 Å². The molecule has 0 radical (unpaired) electrons. The third kappa shape index (κ3) is 2.06. The fourth-order valence-electron chi connectivity index (χ4n) is 2.24. The number of benzene rings is 2. The van der Waals surface area contributed by atoms with Crippen molar-refractivity contribution in [3.63, 3.8) is 0 Å². The standard InChI is InChI=1S/C16H12O4/c17-14(15-13(16(18)19)7-8-20-15)12-6-5-10-3-1-2-4-11(10)9-12/h1-9,14,17H,(H,18,19). The van der Waals surface area contributed by atoms with Crippen LogP contribution in [0.3, 0.4) is 0 Å². The van der Waals surface area contributed by atoms with Crippen LogP contribution in [0.25, 0.3) is 10.8 Å². The molecule has 0 fully saturated rings. The number of aliphatic hydroxyl groups is 1. The van der Waals surface area contributed by atoms with Crippen molar-refractivity contribution in [2.75, 3.05) is 0 Å². The van der Waals surface area contributed by atoms with Crippen molar-refractivity contribution < 1.29 is 19.4 Å². The number of fused-ring (bicyclic) bond motifs is 1. The van der Waals surface area contributed by atoms with E-state index < -0.39 is 12.1 Å². The fraction of sp³-hybridized carbons (Fsp3) is 0.0625. The van der Waals surface area contributed by atoms with E-state index in [1.165, 1.54) is 12.3 Å². The Morgan fingerprint density at radius 2 is 1.80 bits per heavy atom. The monoisotopic (exact) mass is 268 g/mol. The molecule has 0 saturated heterocycles. The van der Waals surface area contributed by atoms with Crippen LogP contribution in [0.2, 0.25) is 0 Å². The van der Waals surface area contributed by atoms with Crippen LogP contribution in [-0.2, 0) is 0 Å². The Morgan fingerprint density at radius 1 is 1.05 bits per heavy atom. The number of aromatic carboxylic acids is 1. The summed E-state index contributed by atoms with van der Waals surface area (Å²) in [6, 6.07) is 14.6. The van der Waals surface area contributed by atoms with Gasteiger partial charge in [0, 0.05) is 0 Å². The Kier molecular flexibility index (Phi) is 3.00. The largest absolute Gasteiger partial charge is 0.478 e. The van der Waals surface area contributed by atoms with Crippen molar-refractivity contribution in [1.29, 1.82) is 0 Å². The van der Waals surface area contributed by atoms with Crippen molar-refractivity contribution in [2.24, 2.45) is 0 Å². The topological polar surface area (TPSA) is 70.7 Å². The van der Waals surface area contributed by atoms with Crippen LogP contribution in [0, 0.1) is 0 Å². The van der Waals surface area contributed by atoms with Crippen LogP contribution in [0.5, 0.6) is 0 Å². The van der Waals surface area contributed by atoms with Crippen LogP contribution < -0.4 is 0 Å². The summed E-state index contributed by atoms with van der Waals surface area (Å²) >= 11 is 0. The van der Waals surface area contributed by atoms with Gasteiger partial charge in [-0.2, -0.15) is 0 Å². The highest BCUT2D eigenvalue weighted by molar-refractivity contribution is 5.89. The van der Waals surface area contributed by atoms with Gasteiger partial charge in [-0.15, -0.1) is 0 Å². The van der Waals surface area contributed by atoms with Crippen LogP contribution >= 0.6 is 0 Å². The first-order valence-electron chi connectivity index (χ1n) is 6.14. The molecule has 4 nitrogen and oxygen atoms in total. The van der Waals surface area contributed by atoms with E-state index in [1.54, 1.807) is 6.07 Å². The third-order valence-corrected chi connectivity index (χ3v) is 3.26. The van der Waals surface area contributed by atoms with Gasteiger partial charge in [0.25, 0.3) is 0 Å². The smallest absolute Gasteiger partial charge is 0.339 e. The van der Waals surface area contributed by atoms with E-state index in [9.17, 15) is 9.90 Å². The highest BCUT2D eigenvalue weighted by atomic mass is 16.4. The van der Waals surface area contributed by atoms with Crippen LogP contribution in [-0.4, -0.2) is 16.2 Å². The average molecular weight is 268 g/mol. The normalized spacial score (nSPS) is 12.4. The minimum absolute atomic E-state index is 0.0225. The third-order valence-electron chi connectivity index (χ3n) is 3.26. The van der Waals surface area contributed by atoms with E-state index in [-0.39, 0.29) is 11.3 Å². The summed E-state index contributed by atoms with van der Waals surface area (Å²) in [6.07, 6.45) is 0.170. The number of rotatable bonds is 3. The number of hydrogen-bond donors (Lipinski definition) is 2. The summed E-state index contributed by atoms with van der Waals surface area (Å²) in [6.45, 7) is 0. The molecule has 4 heteroatoms. The predicted octanol–water partition coefficient (Wildman–Crippen LogP) is 3.21. The molecule has 1 heterocycles. The second-order valence-corrected chi connectivity index (χ2v) is 4.51. The molecule has 1 unspecified atom stereocenters. The van der Waals surface area contributed by atoms with Gasteiger partial charge < -0.3 is 14.6 Å². The minimum atomic E-state index is -1.12. The van der Waals surface area contributed by atoms with E-state index in [0.717, 1.165) is 10.8 Å². The van der Waals surface area contributed by atoms with E-state index in [4.69, 9.17) is 9.52 Å². The maximum absolute atomic E-state index is 11.1. The van der Waals surface area contributed by atoms with Crippen molar-refractivity contribution in [3.8, 4) is 0 Å². The molecule has 0 spiro atoms. The second-order valence-electron chi connectivity index (χ2n) is 4.51. The van der Waals surface area contributed by atoms with Gasteiger partial charge in [-0.3, -0.25) is 0 Å². The average Bonchev–Trinajstić information content (AvgIpc) is 2.95. The van der Waals surface area contributed by atoms with Crippen molar-refractivity contribution in [1.82, 2.24) is 0 Å². The maximum Gasteiger partial charge on any atom is 0.339 e. The molecule has 0 aliphatic carbocycles. The quantitative estimate of drug-likeness (QED) is 0.765. The lowest BCUT2D eigenvalue weighted by Crippen LogP contribution is -2.05. The summed E-state index contributed by atoms with van der Waals surface area (Å²) in [4.78, 5) is 11.1. The Labute approximate surface area is 114 Å². The molecule has 2 aromatic carbocycles. The number of carboxylic acid groups (broad SMARTS) is 1. The van der Waals surface area contributed by atoms with Gasteiger partial charge in [-0.05, 0) is 28.5 Å². The summed E-state index contributed by atoms with van der Waals surface area (Å²) in [5, 5.41) is 21.4. The van der Waals surface area contributed by atoms with E-state index in [0.29, 0.717) is 5.56 Å². The molecule has 3 aromatic rings. The molecule has 0 aliphatic heterocycles. The van der Waals surface area contributed by atoms with Gasteiger partial charge in [0.05, 0.1) is 6.26 Å². The molecular weight excluding hydrogens is 256 g/mol. The Balaban J connectivity index is 2.05. The number of furan rings is 1. The number of aliphatic hydroxyl groups excluding tert-OH is 1. The summed E-state index contributed by atoms with van der Waals surface area (Å²) in [5.74, 6) is -1.07. The van der Waals surface area contributed by atoms with Gasteiger partial charge in [0.1, 0.15) is 11.7 Å². The van der Waals surface area contributed by atoms with Gasteiger partial charge >= 0.3 is 5.97 Å². The minimum Gasteiger partial charge on any atom is -0.478 e. The Hall–Kier alpha value is -2.59. The predicted molar refractivity (Wildman–Crippen MR) is 73.7 cm³/mol. The van der Waals surface area contributed by atoms with E-state index >= 15 is 0 Å². The zero-order valence-corrected chi connectivity index (χ0v) is 10.5. The lowest BCUT2D eigenvalue weighted by atomic mass is 10.0. The molecule has 0 aliphatic rings. The van der Waals surface area contributed by atoms with Crippen LogP contribution in [0.15, 0.2) is 59.2 Å². The zero-order chi connectivity index (χ0) is 14.1. The number of carbonyl (C=O) groups is 1. The van der Waals surface area contributed by atoms with Gasteiger partial charge in [0.15, 0.2) is 5.76 Å².